The van der Waals surface area contributed by atoms with E-state index >= 15 is 0 Å². The van der Waals surface area contributed by atoms with Gasteiger partial charge < -0.3 is 23.9 Å². The molecule has 2 unspecified atom stereocenters. The lowest BCUT2D eigenvalue weighted by Gasteiger charge is -2.40. The van der Waals surface area contributed by atoms with E-state index in [1.165, 1.54) is 6.07 Å². The van der Waals surface area contributed by atoms with Crippen LogP contribution in [0.4, 0.5) is 18.0 Å². The topological polar surface area (TPSA) is 118 Å². The van der Waals surface area contributed by atoms with Gasteiger partial charge in [-0.3, -0.25) is 0 Å². The van der Waals surface area contributed by atoms with Gasteiger partial charge in [0.1, 0.15) is 11.9 Å². The van der Waals surface area contributed by atoms with Crippen molar-refractivity contribution in [2.75, 3.05) is 19.6 Å². The maximum atomic E-state index is 13.4. The van der Waals surface area contributed by atoms with Crippen LogP contribution in [0.1, 0.15) is 42.1 Å². The first-order valence-electron chi connectivity index (χ1n) is 12.8. The van der Waals surface area contributed by atoms with Crippen LogP contribution in [0.2, 0.25) is 0 Å². The third kappa shape index (κ3) is 6.12. The van der Waals surface area contributed by atoms with E-state index < -0.39 is 47.7 Å². The highest BCUT2D eigenvalue weighted by atomic mass is 19.4. The van der Waals surface area contributed by atoms with Crippen molar-refractivity contribution < 1.29 is 46.6 Å². The van der Waals surface area contributed by atoms with E-state index in [1.54, 1.807) is 30.3 Å². The summed E-state index contributed by atoms with van der Waals surface area (Å²) in [4.78, 5) is 43.4. The first-order chi connectivity index (χ1) is 19.6. The predicted molar refractivity (Wildman–Crippen MR) is 132 cm³/mol. The molecular weight excluding hydrogens is 547 g/mol. The summed E-state index contributed by atoms with van der Waals surface area (Å²) in [6.07, 6.45) is -4.88. The normalized spacial score (nSPS) is 22.0. The van der Waals surface area contributed by atoms with Gasteiger partial charge in [0.2, 0.25) is 0 Å². The standard InChI is InChI=1S/C28H24F3N3O7/c29-28(30,31)20-3-1-2-19(16-20)22(38-21-6-4-18(17-32)5-7-21)10-13-33-14-11-27(12-15-33)25-34(26(37)40-27)41-24(36)9-8-23(35)39-25/h1-9,16,22,25H,10-15H2/b9-8+. The van der Waals surface area contributed by atoms with Crippen molar-refractivity contribution in [3.05, 3.63) is 77.4 Å². The van der Waals surface area contributed by atoms with Crippen LogP contribution in [0.3, 0.4) is 0 Å². The largest absolute Gasteiger partial charge is 0.486 e. The molecule has 0 N–H and O–H groups in total. The Bertz CT molecular complexity index is 1400. The van der Waals surface area contributed by atoms with Gasteiger partial charge in [0.25, 0.3) is 6.23 Å². The molecule has 13 heteroatoms. The lowest BCUT2D eigenvalue weighted by Crippen LogP contribution is -2.54. The number of likely N-dealkylation sites (tertiary alicyclic amines) is 1. The second-order valence-corrected chi connectivity index (χ2v) is 9.79. The van der Waals surface area contributed by atoms with E-state index in [1.807, 2.05) is 11.0 Å². The van der Waals surface area contributed by atoms with Crippen molar-refractivity contribution in [3.8, 4) is 11.8 Å². The molecular formula is C28H24F3N3O7. The molecule has 3 aliphatic rings. The number of carbonyl (C=O) groups excluding carboxylic acids is 3. The zero-order valence-electron chi connectivity index (χ0n) is 21.5. The Kier molecular flexibility index (Phi) is 7.59. The molecule has 1 spiro atoms. The van der Waals surface area contributed by atoms with Crippen molar-refractivity contribution in [1.82, 2.24) is 9.96 Å². The average molecular weight is 572 g/mol. The number of nitriles is 1. The first kappa shape index (κ1) is 28.0. The summed E-state index contributed by atoms with van der Waals surface area (Å²) in [7, 11) is 0. The molecule has 2 atom stereocenters. The number of ether oxygens (including phenoxy) is 3. The number of halogens is 3. The van der Waals surface area contributed by atoms with E-state index in [0.717, 1.165) is 24.3 Å². The van der Waals surface area contributed by atoms with Crippen molar-refractivity contribution in [1.29, 1.82) is 5.26 Å². The molecule has 10 nitrogen and oxygen atoms in total. The average Bonchev–Trinajstić information content (AvgIpc) is 3.18. The summed E-state index contributed by atoms with van der Waals surface area (Å²) in [5, 5.41) is 9.68. The molecule has 3 heterocycles. The third-order valence-electron chi connectivity index (χ3n) is 7.16. The number of alkyl halides is 3. The summed E-state index contributed by atoms with van der Waals surface area (Å²) >= 11 is 0. The van der Waals surface area contributed by atoms with E-state index in [2.05, 4.69) is 0 Å². The first-order valence-corrected chi connectivity index (χ1v) is 12.8. The van der Waals surface area contributed by atoms with Crippen molar-refractivity contribution >= 4 is 18.0 Å². The van der Waals surface area contributed by atoms with Crippen molar-refractivity contribution in [3.63, 3.8) is 0 Å². The molecule has 2 aromatic rings. The quantitative estimate of drug-likeness (QED) is 0.469. The van der Waals surface area contributed by atoms with E-state index in [0.29, 0.717) is 48.0 Å². The number of hydrogen-bond donors (Lipinski definition) is 0. The lowest BCUT2D eigenvalue weighted by atomic mass is 9.89. The van der Waals surface area contributed by atoms with E-state index in [9.17, 15) is 27.6 Å². The molecule has 0 aromatic heterocycles. The number of nitrogens with zero attached hydrogens (tertiary/aromatic N) is 3. The SMILES string of the molecule is N#Cc1ccc(OC(CCN2CCC3(CC2)OC(=O)N2OC(=O)/C=C/C(=O)OC23)c2cccc(C(F)(F)F)c2)cc1. The Morgan fingerprint density at radius 3 is 2.44 bits per heavy atom. The fourth-order valence-electron chi connectivity index (χ4n) is 5.02. The predicted octanol–water partition coefficient (Wildman–Crippen LogP) is 4.27. The van der Waals surface area contributed by atoms with Crippen LogP contribution in [0.5, 0.6) is 5.75 Å². The minimum Gasteiger partial charge on any atom is -0.486 e. The van der Waals surface area contributed by atoms with Crippen LogP contribution >= 0.6 is 0 Å². The number of piperidine rings is 1. The number of amides is 1. The van der Waals surface area contributed by atoms with Gasteiger partial charge in [0, 0.05) is 51.0 Å². The number of hydrogen-bond acceptors (Lipinski definition) is 9. The molecule has 0 aliphatic carbocycles. The number of carbonyl (C=O) groups is 3. The molecule has 1 amide bonds. The van der Waals surface area contributed by atoms with Gasteiger partial charge in [-0.2, -0.15) is 18.4 Å². The Balaban J connectivity index is 1.28. The van der Waals surface area contributed by atoms with Crippen LogP contribution in [0.15, 0.2) is 60.7 Å². The second kappa shape index (κ2) is 11.1. The van der Waals surface area contributed by atoms with Gasteiger partial charge in [-0.15, -0.1) is 0 Å². The summed E-state index contributed by atoms with van der Waals surface area (Å²) in [5.74, 6) is -1.33. The van der Waals surface area contributed by atoms with Crippen LogP contribution in [0.25, 0.3) is 0 Å². The summed E-state index contributed by atoms with van der Waals surface area (Å²) in [6.45, 7) is 1.21. The summed E-state index contributed by atoms with van der Waals surface area (Å²) in [6, 6.07) is 13.3. The number of benzene rings is 2. The van der Waals surface area contributed by atoms with Gasteiger partial charge >= 0.3 is 24.2 Å². The van der Waals surface area contributed by atoms with Crippen LogP contribution in [0, 0.1) is 11.3 Å². The molecule has 0 saturated carbocycles. The fourth-order valence-corrected chi connectivity index (χ4v) is 5.02. The Morgan fingerprint density at radius 2 is 1.76 bits per heavy atom. The summed E-state index contributed by atoms with van der Waals surface area (Å²) < 4.78 is 57.3. The Morgan fingerprint density at radius 1 is 1.05 bits per heavy atom. The minimum absolute atomic E-state index is 0.249. The Labute approximate surface area is 232 Å². The minimum atomic E-state index is -4.52. The smallest absolute Gasteiger partial charge is 0.447 e. The molecule has 2 saturated heterocycles. The van der Waals surface area contributed by atoms with Crippen molar-refractivity contribution in [2.45, 2.75) is 43.4 Å². The third-order valence-corrected chi connectivity index (χ3v) is 7.16. The van der Waals surface area contributed by atoms with E-state index in [4.69, 9.17) is 24.3 Å². The zero-order chi connectivity index (χ0) is 29.2. The highest BCUT2D eigenvalue weighted by Crippen LogP contribution is 2.40. The highest BCUT2D eigenvalue weighted by Gasteiger charge is 2.59. The highest BCUT2D eigenvalue weighted by molar-refractivity contribution is 5.93. The van der Waals surface area contributed by atoms with Gasteiger partial charge in [0.05, 0.1) is 17.2 Å². The molecule has 214 valence electrons. The molecule has 0 bridgehead atoms. The molecule has 5 rings (SSSR count). The molecule has 3 aliphatic heterocycles. The van der Waals surface area contributed by atoms with E-state index in [-0.39, 0.29) is 12.8 Å². The zero-order valence-corrected chi connectivity index (χ0v) is 21.5. The van der Waals surface area contributed by atoms with Crippen LogP contribution < -0.4 is 4.74 Å². The number of esters is 1. The maximum Gasteiger partial charge on any atom is 0.447 e. The number of fused-ring (bicyclic) bond motifs is 2. The molecule has 41 heavy (non-hydrogen) atoms. The van der Waals surface area contributed by atoms with Gasteiger partial charge in [-0.1, -0.05) is 17.2 Å². The Hall–Kier alpha value is -4.57. The molecule has 0 radical (unpaired) electrons. The van der Waals surface area contributed by atoms with Gasteiger partial charge in [-0.05, 0) is 42.0 Å². The molecule has 2 aromatic carbocycles. The number of rotatable bonds is 6. The van der Waals surface area contributed by atoms with Crippen LogP contribution in [-0.2, 0) is 30.1 Å². The van der Waals surface area contributed by atoms with Crippen LogP contribution in [-0.4, -0.2) is 59.5 Å². The fraction of sp³-hybridized carbons (Fsp3) is 0.357. The molecule has 2 fully saturated rings. The van der Waals surface area contributed by atoms with Crippen molar-refractivity contribution in [2.24, 2.45) is 0 Å². The van der Waals surface area contributed by atoms with Gasteiger partial charge in [-0.25, -0.2) is 14.4 Å². The lowest BCUT2D eigenvalue weighted by molar-refractivity contribution is -0.222. The monoisotopic (exact) mass is 571 g/mol. The maximum absolute atomic E-state index is 13.4. The number of hydroxylamine groups is 2. The summed E-state index contributed by atoms with van der Waals surface area (Å²) in [5.41, 5.74) is -1.26. The van der Waals surface area contributed by atoms with Gasteiger partial charge in [0.15, 0.2) is 5.60 Å². The second-order valence-electron chi connectivity index (χ2n) is 9.79.